The monoisotopic (exact) mass is 363 g/mol. The lowest BCUT2D eigenvalue weighted by atomic mass is 9.82. The van der Waals surface area contributed by atoms with Gasteiger partial charge in [0.25, 0.3) is 0 Å². The van der Waals surface area contributed by atoms with Crippen molar-refractivity contribution in [1.29, 1.82) is 0 Å². The highest BCUT2D eigenvalue weighted by Crippen LogP contribution is 2.33. The molecule has 2 unspecified atom stereocenters. The van der Waals surface area contributed by atoms with E-state index in [4.69, 9.17) is 0 Å². The molecule has 0 saturated carbocycles. The average Bonchev–Trinajstić information content (AvgIpc) is 3.34. The van der Waals surface area contributed by atoms with E-state index in [2.05, 4.69) is 20.5 Å². The maximum atomic E-state index is 12.8. The zero-order chi connectivity index (χ0) is 17.9. The Balaban J connectivity index is 1.71. The third kappa shape index (κ3) is 3.21. The number of aromatic nitrogens is 4. The number of amides is 1. The summed E-state index contributed by atoms with van der Waals surface area (Å²) in [6.45, 7) is 1.94. The highest BCUT2D eigenvalue weighted by molar-refractivity contribution is 7.13. The van der Waals surface area contributed by atoms with Gasteiger partial charge < -0.3 is 5.32 Å². The van der Waals surface area contributed by atoms with E-state index in [-0.39, 0.29) is 17.7 Å². The summed E-state index contributed by atoms with van der Waals surface area (Å²) in [6.07, 6.45) is 5.33. The number of fused-ring (bicyclic) bond motifs is 1. The summed E-state index contributed by atoms with van der Waals surface area (Å²) in [5.74, 6) is -0.434. The van der Waals surface area contributed by atoms with Gasteiger partial charge in [-0.05, 0) is 17.2 Å². The van der Waals surface area contributed by atoms with Crippen molar-refractivity contribution >= 4 is 28.0 Å². The number of benzene rings is 1. The van der Waals surface area contributed by atoms with E-state index in [0.717, 1.165) is 16.8 Å². The minimum absolute atomic E-state index is 0.0577. The van der Waals surface area contributed by atoms with Crippen LogP contribution >= 0.6 is 11.3 Å². The fourth-order valence-corrected chi connectivity index (χ4v) is 3.65. The standard InChI is InChI=1S/C19H17N5OS/c1-13(18(25)22-19-20-9-10-26-19)17(14-5-3-2-4-6-14)15-7-8-16-23-21-12-24(16)11-15/h2-13,17H,1H3,(H,20,22,25). The van der Waals surface area contributed by atoms with Gasteiger partial charge >= 0.3 is 0 Å². The first kappa shape index (κ1) is 16.4. The minimum Gasteiger partial charge on any atom is -0.302 e. The molecular formula is C19H17N5OS. The first-order chi connectivity index (χ1) is 12.7. The molecule has 0 aliphatic rings. The Labute approximate surface area is 154 Å². The van der Waals surface area contributed by atoms with Gasteiger partial charge in [-0.15, -0.1) is 21.5 Å². The maximum Gasteiger partial charge on any atom is 0.229 e. The summed E-state index contributed by atoms with van der Waals surface area (Å²) in [5, 5.41) is 13.3. The van der Waals surface area contributed by atoms with E-state index in [1.54, 1.807) is 12.5 Å². The van der Waals surface area contributed by atoms with Gasteiger partial charge in [-0.2, -0.15) is 0 Å². The Morgan fingerprint density at radius 1 is 1.15 bits per heavy atom. The summed E-state index contributed by atoms with van der Waals surface area (Å²) in [4.78, 5) is 17.0. The molecule has 0 spiro atoms. The van der Waals surface area contributed by atoms with Crippen LogP contribution in [-0.4, -0.2) is 25.5 Å². The molecule has 0 aliphatic heterocycles. The summed E-state index contributed by atoms with van der Waals surface area (Å²) in [6, 6.07) is 14.0. The van der Waals surface area contributed by atoms with Crippen molar-refractivity contribution in [3.05, 3.63) is 77.7 Å². The zero-order valence-corrected chi connectivity index (χ0v) is 14.9. The largest absolute Gasteiger partial charge is 0.302 e. The Morgan fingerprint density at radius 2 is 2.00 bits per heavy atom. The molecule has 0 fully saturated rings. The Bertz CT molecular complexity index is 1010. The lowest BCUT2D eigenvalue weighted by Gasteiger charge is -2.24. The molecule has 1 amide bonds. The predicted molar refractivity (Wildman–Crippen MR) is 101 cm³/mol. The van der Waals surface area contributed by atoms with E-state index in [0.29, 0.717) is 5.13 Å². The van der Waals surface area contributed by atoms with Gasteiger partial charge in [0.05, 0.1) is 0 Å². The molecule has 2 atom stereocenters. The summed E-state index contributed by atoms with van der Waals surface area (Å²) in [7, 11) is 0. The topological polar surface area (TPSA) is 72.2 Å². The van der Waals surface area contributed by atoms with E-state index in [1.807, 2.05) is 65.4 Å². The molecule has 0 saturated heterocycles. The van der Waals surface area contributed by atoms with Gasteiger partial charge in [0.1, 0.15) is 6.33 Å². The number of thiazole rings is 1. The van der Waals surface area contributed by atoms with Crippen LogP contribution in [-0.2, 0) is 4.79 Å². The number of pyridine rings is 1. The Kier molecular flexibility index (Phi) is 4.45. The van der Waals surface area contributed by atoms with E-state index >= 15 is 0 Å². The lowest BCUT2D eigenvalue weighted by molar-refractivity contribution is -0.119. The Hall–Kier alpha value is -3.06. The second kappa shape index (κ2) is 7.05. The molecule has 4 rings (SSSR count). The number of hydrogen-bond acceptors (Lipinski definition) is 5. The molecule has 1 N–H and O–H groups in total. The highest BCUT2D eigenvalue weighted by Gasteiger charge is 2.28. The van der Waals surface area contributed by atoms with E-state index < -0.39 is 0 Å². The van der Waals surface area contributed by atoms with Crippen molar-refractivity contribution in [3.63, 3.8) is 0 Å². The van der Waals surface area contributed by atoms with Crippen LogP contribution in [0.4, 0.5) is 5.13 Å². The second-order valence-electron chi connectivity index (χ2n) is 6.06. The third-order valence-electron chi connectivity index (χ3n) is 4.41. The minimum atomic E-state index is -0.282. The molecule has 0 aliphatic carbocycles. The smallest absolute Gasteiger partial charge is 0.229 e. The first-order valence-electron chi connectivity index (χ1n) is 8.27. The van der Waals surface area contributed by atoms with Crippen LogP contribution in [0.5, 0.6) is 0 Å². The first-order valence-corrected chi connectivity index (χ1v) is 9.15. The summed E-state index contributed by atoms with van der Waals surface area (Å²) >= 11 is 1.41. The van der Waals surface area contributed by atoms with Gasteiger partial charge in [0.15, 0.2) is 10.8 Å². The Morgan fingerprint density at radius 3 is 2.77 bits per heavy atom. The number of carbonyl (C=O) groups excluding carboxylic acids is 1. The van der Waals surface area contributed by atoms with Crippen molar-refractivity contribution in [2.75, 3.05) is 5.32 Å². The van der Waals surface area contributed by atoms with Crippen LogP contribution in [0, 0.1) is 5.92 Å². The number of anilines is 1. The fourth-order valence-electron chi connectivity index (χ4n) is 3.11. The summed E-state index contributed by atoms with van der Waals surface area (Å²) < 4.78 is 1.87. The number of nitrogens with zero attached hydrogens (tertiary/aromatic N) is 4. The SMILES string of the molecule is CC(C(=O)Nc1nccs1)C(c1ccccc1)c1ccc2nncn2c1. The molecule has 1 aromatic carbocycles. The quantitative estimate of drug-likeness (QED) is 0.588. The predicted octanol–water partition coefficient (Wildman–Crippen LogP) is 3.59. The van der Waals surface area contributed by atoms with Crippen LogP contribution in [0.1, 0.15) is 24.0 Å². The van der Waals surface area contributed by atoms with Gasteiger partial charge in [-0.25, -0.2) is 4.98 Å². The molecular weight excluding hydrogens is 346 g/mol. The molecule has 3 heterocycles. The van der Waals surface area contributed by atoms with Crippen LogP contribution < -0.4 is 5.32 Å². The van der Waals surface area contributed by atoms with Crippen molar-refractivity contribution in [1.82, 2.24) is 19.6 Å². The van der Waals surface area contributed by atoms with E-state index in [1.165, 1.54) is 11.3 Å². The number of nitrogens with one attached hydrogen (secondary N) is 1. The molecule has 4 aromatic rings. The molecule has 6 nitrogen and oxygen atoms in total. The van der Waals surface area contributed by atoms with Crippen LogP contribution in [0.15, 0.2) is 66.6 Å². The molecule has 26 heavy (non-hydrogen) atoms. The van der Waals surface area contributed by atoms with Crippen LogP contribution in [0.3, 0.4) is 0 Å². The highest BCUT2D eigenvalue weighted by atomic mass is 32.1. The molecule has 7 heteroatoms. The van der Waals surface area contributed by atoms with Crippen molar-refractivity contribution < 1.29 is 4.79 Å². The normalized spacial score (nSPS) is 13.4. The van der Waals surface area contributed by atoms with Gasteiger partial charge in [-0.1, -0.05) is 43.3 Å². The lowest BCUT2D eigenvalue weighted by Crippen LogP contribution is -2.26. The average molecular weight is 363 g/mol. The maximum absolute atomic E-state index is 12.8. The molecule has 130 valence electrons. The molecule has 0 bridgehead atoms. The van der Waals surface area contributed by atoms with Gasteiger partial charge in [0.2, 0.25) is 5.91 Å². The van der Waals surface area contributed by atoms with Gasteiger partial charge in [0, 0.05) is 29.6 Å². The second-order valence-corrected chi connectivity index (χ2v) is 6.96. The van der Waals surface area contributed by atoms with Crippen molar-refractivity contribution in [2.45, 2.75) is 12.8 Å². The van der Waals surface area contributed by atoms with E-state index in [9.17, 15) is 4.79 Å². The fraction of sp³-hybridized carbons (Fsp3) is 0.158. The van der Waals surface area contributed by atoms with Crippen LogP contribution in [0.25, 0.3) is 5.65 Å². The van der Waals surface area contributed by atoms with Crippen molar-refractivity contribution in [3.8, 4) is 0 Å². The molecule has 3 aromatic heterocycles. The zero-order valence-electron chi connectivity index (χ0n) is 14.1. The number of rotatable bonds is 5. The van der Waals surface area contributed by atoms with Crippen LogP contribution in [0.2, 0.25) is 0 Å². The van der Waals surface area contributed by atoms with Gasteiger partial charge in [-0.3, -0.25) is 9.20 Å². The molecule has 0 radical (unpaired) electrons. The summed E-state index contributed by atoms with van der Waals surface area (Å²) in [5.41, 5.74) is 2.90. The number of hydrogen-bond donors (Lipinski definition) is 1. The third-order valence-corrected chi connectivity index (χ3v) is 5.10. The number of carbonyl (C=O) groups is 1. The van der Waals surface area contributed by atoms with Crippen molar-refractivity contribution in [2.24, 2.45) is 5.92 Å².